The highest BCUT2D eigenvalue weighted by molar-refractivity contribution is 5.46. The first-order chi connectivity index (χ1) is 6.79. The van der Waals surface area contributed by atoms with Crippen molar-refractivity contribution in [3.63, 3.8) is 0 Å². The molecule has 1 saturated heterocycles. The van der Waals surface area contributed by atoms with Crippen LogP contribution in [-0.4, -0.2) is 29.8 Å². The Labute approximate surface area is 83.4 Å². The first-order valence-electron chi connectivity index (χ1n) is 4.87. The molecule has 1 aromatic rings. The van der Waals surface area contributed by atoms with Crippen LogP contribution in [-0.2, 0) is 0 Å². The van der Waals surface area contributed by atoms with Crippen molar-refractivity contribution in [1.82, 2.24) is 4.98 Å². The average molecular weight is 193 g/mol. The number of anilines is 2. The zero-order chi connectivity index (χ0) is 9.97. The lowest BCUT2D eigenvalue weighted by molar-refractivity contribution is 0.238. The fourth-order valence-corrected chi connectivity index (χ4v) is 1.77. The topological polar surface area (TPSA) is 62.4 Å². The van der Waals surface area contributed by atoms with Crippen molar-refractivity contribution in [3.8, 4) is 0 Å². The van der Waals surface area contributed by atoms with Crippen LogP contribution in [0.5, 0.6) is 0 Å². The summed E-state index contributed by atoms with van der Waals surface area (Å²) in [6.45, 7) is 2.14. The maximum Gasteiger partial charge on any atom is 0.128 e. The predicted molar refractivity (Wildman–Crippen MR) is 56.1 cm³/mol. The first kappa shape index (κ1) is 9.27. The van der Waals surface area contributed by atoms with Gasteiger partial charge in [0.2, 0.25) is 0 Å². The molecule has 0 amide bonds. The number of nitrogens with zero attached hydrogens (tertiary/aromatic N) is 2. The molecule has 1 fully saturated rings. The Bertz CT molecular complexity index is 299. The minimum Gasteiger partial charge on any atom is -0.397 e. The van der Waals surface area contributed by atoms with E-state index in [-0.39, 0.29) is 6.61 Å². The number of hydrogen-bond donors (Lipinski definition) is 2. The van der Waals surface area contributed by atoms with E-state index < -0.39 is 0 Å². The van der Waals surface area contributed by atoms with Gasteiger partial charge in [-0.05, 0) is 18.6 Å². The molecule has 0 spiro atoms. The van der Waals surface area contributed by atoms with Crippen LogP contribution in [0.1, 0.15) is 6.42 Å². The molecule has 1 aliphatic rings. The normalized spacial score (nSPS) is 21.5. The molecule has 14 heavy (non-hydrogen) atoms. The third kappa shape index (κ3) is 1.80. The van der Waals surface area contributed by atoms with Crippen molar-refractivity contribution >= 4 is 11.5 Å². The highest BCUT2D eigenvalue weighted by Crippen LogP contribution is 2.21. The second-order valence-corrected chi connectivity index (χ2v) is 3.73. The first-order valence-corrected chi connectivity index (χ1v) is 4.87. The molecule has 1 aliphatic heterocycles. The summed E-state index contributed by atoms with van der Waals surface area (Å²) in [5, 5.41) is 9.01. The summed E-state index contributed by atoms with van der Waals surface area (Å²) in [6, 6.07) is 3.78. The number of hydrogen-bond acceptors (Lipinski definition) is 4. The molecule has 3 N–H and O–H groups in total. The lowest BCUT2D eigenvalue weighted by Crippen LogP contribution is -2.21. The smallest absolute Gasteiger partial charge is 0.128 e. The molecule has 0 aliphatic carbocycles. The van der Waals surface area contributed by atoms with Crippen LogP contribution < -0.4 is 10.6 Å². The molecule has 1 atom stereocenters. The van der Waals surface area contributed by atoms with Crippen molar-refractivity contribution < 1.29 is 5.11 Å². The Morgan fingerprint density at radius 2 is 2.43 bits per heavy atom. The Balaban J connectivity index is 2.06. The predicted octanol–water partition coefficient (Wildman–Crippen LogP) is 0.482. The molecular formula is C10H15N3O. The fraction of sp³-hybridized carbons (Fsp3) is 0.500. The van der Waals surface area contributed by atoms with Gasteiger partial charge in [-0.2, -0.15) is 0 Å². The molecule has 2 rings (SSSR count). The van der Waals surface area contributed by atoms with E-state index in [2.05, 4.69) is 9.88 Å². The van der Waals surface area contributed by atoms with Gasteiger partial charge in [0, 0.05) is 25.6 Å². The number of aromatic nitrogens is 1. The molecule has 76 valence electrons. The lowest BCUT2D eigenvalue weighted by atomic mass is 10.1. The van der Waals surface area contributed by atoms with Crippen molar-refractivity contribution in [2.45, 2.75) is 6.42 Å². The highest BCUT2D eigenvalue weighted by atomic mass is 16.3. The van der Waals surface area contributed by atoms with Gasteiger partial charge in [-0.1, -0.05) is 0 Å². The van der Waals surface area contributed by atoms with Crippen molar-refractivity contribution in [2.24, 2.45) is 5.92 Å². The van der Waals surface area contributed by atoms with Crippen LogP contribution in [0.2, 0.25) is 0 Å². The van der Waals surface area contributed by atoms with E-state index in [9.17, 15) is 0 Å². The van der Waals surface area contributed by atoms with E-state index in [1.807, 2.05) is 12.1 Å². The molecule has 0 bridgehead atoms. The van der Waals surface area contributed by atoms with Crippen LogP contribution in [0.25, 0.3) is 0 Å². The van der Waals surface area contributed by atoms with E-state index in [1.54, 1.807) is 6.20 Å². The Kier molecular flexibility index (Phi) is 2.54. The van der Waals surface area contributed by atoms with E-state index in [4.69, 9.17) is 10.8 Å². The van der Waals surface area contributed by atoms with Crippen LogP contribution >= 0.6 is 0 Å². The zero-order valence-electron chi connectivity index (χ0n) is 8.06. The minimum atomic E-state index is 0.269. The number of nitrogens with two attached hydrogens (primary N) is 1. The van der Waals surface area contributed by atoms with Crippen LogP contribution in [0.15, 0.2) is 18.3 Å². The van der Waals surface area contributed by atoms with Crippen LogP contribution in [0.3, 0.4) is 0 Å². The number of pyridine rings is 1. The summed E-state index contributed by atoms with van der Waals surface area (Å²) in [4.78, 5) is 6.43. The number of nitrogen functional groups attached to an aromatic ring is 1. The largest absolute Gasteiger partial charge is 0.397 e. The van der Waals surface area contributed by atoms with Crippen LogP contribution in [0, 0.1) is 5.92 Å². The fourth-order valence-electron chi connectivity index (χ4n) is 1.77. The molecule has 1 aromatic heterocycles. The van der Waals surface area contributed by atoms with Gasteiger partial charge in [-0.25, -0.2) is 4.98 Å². The minimum absolute atomic E-state index is 0.269. The standard InChI is InChI=1S/C10H15N3O/c11-9-1-2-10(12-5-9)13-4-3-8(6-13)7-14/h1-2,5,8,14H,3-4,6-7,11H2. The van der Waals surface area contributed by atoms with E-state index in [0.29, 0.717) is 11.6 Å². The molecule has 0 aromatic carbocycles. The van der Waals surface area contributed by atoms with Crippen molar-refractivity contribution in [1.29, 1.82) is 0 Å². The van der Waals surface area contributed by atoms with Gasteiger partial charge in [0.15, 0.2) is 0 Å². The van der Waals surface area contributed by atoms with Gasteiger partial charge in [-0.15, -0.1) is 0 Å². The Morgan fingerprint density at radius 3 is 3.00 bits per heavy atom. The maximum atomic E-state index is 9.01. The lowest BCUT2D eigenvalue weighted by Gasteiger charge is -2.16. The van der Waals surface area contributed by atoms with E-state index in [0.717, 1.165) is 25.3 Å². The molecule has 4 heteroatoms. The molecule has 2 heterocycles. The monoisotopic (exact) mass is 193 g/mol. The van der Waals surface area contributed by atoms with Crippen molar-refractivity contribution in [2.75, 3.05) is 30.3 Å². The summed E-state index contributed by atoms with van der Waals surface area (Å²) in [6.07, 6.45) is 2.71. The SMILES string of the molecule is Nc1ccc(N2CCC(CO)C2)nc1. The number of aliphatic hydroxyl groups is 1. The molecular weight excluding hydrogens is 178 g/mol. The molecule has 4 nitrogen and oxygen atoms in total. The molecule has 1 unspecified atom stereocenters. The van der Waals surface area contributed by atoms with Gasteiger partial charge in [0.1, 0.15) is 5.82 Å². The second-order valence-electron chi connectivity index (χ2n) is 3.73. The summed E-state index contributed by atoms with van der Waals surface area (Å²) >= 11 is 0. The van der Waals surface area contributed by atoms with Gasteiger partial charge in [0.05, 0.1) is 11.9 Å². The number of aliphatic hydroxyl groups excluding tert-OH is 1. The average Bonchev–Trinajstić information content (AvgIpc) is 2.67. The second kappa shape index (κ2) is 3.84. The molecule has 0 radical (unpaired) electrons. The van der Waals surface area contributed by atoms with Gasteiger partial charge < -0.3 is 15.7 Å². The van der Waals surface area contributed by atoms with Gasteiger partial charge in [-0.3, -0.25) is 0 Å². The van der Waals surface area contributed by atoms with Crippen LogP contribution in [0.4, 0.5) is 11.5 Å². The van der Waals surface area contributed by atoms with Crippen molar-refractivity contribution in [3.05, 3.63) is 18.3 Å². The maximum absolute atomic E-state index is 9.01. The summed E-state index contributed by atoms with van der Waals surface area (Å²) in [5.74, 6) is 1.35. The zero-order valence-corrected chi connectivity index (χ0v) is 8.06. The summed E-state index contributed by atoms with van der Waals surface area (Å²) in [5.41, 5.74) is 6.24. The van der Waals surface area contributed by atoms with Gasteiger partial charge >= 0.3 is 0 Å². The molecule has 0 saturated carbocycles. The van der Waals surface area contributed by atoms with E-state index in [1.165, 1.54) is 0 Å². The van der Waals surface area contributed by atoms with E-state index >= 15 is 0 Å². The highest BCUT2D eigenvalue weighted by Gasteiger charge is 2.22. The summed E-state index contributed by atoms with van der Waals surface area (Å²) < 4.78 is 0. The Morgan fingerprint density at radius 1 is 1.57 bits per heavy atom. The summed E-state index contributed by atoms with van der Waals surface area (Å²) in [7, 11) is 0. The quantitative estimate of drug-likeness (QED) is 0.717. The number of rotatable bonds is 2. The third-order valence-electron chi connectivity index (χ3n) is 2.64. The van der Waals surface area contributed by atoms with Gasteiger partial charge in [0.25, 0.3) is 0 Å². The Hall–Kier alpha value is -1.29. The third-order valence-corrected chi connectivity index (χ3v) is 2.64.